The zero-order valence-corrected chi connectivity index (χ0v) is 11.7. The molecule has 2 rings (SSSR count). The van der Waals surface area contributed by atoms with Gasteiger partial charge in [0.2, 0.25) is 0 Å². The van der Waals surface area contributed by atoms with Crippen LogP contribution < -0.4 is 4.90 Å². The molecule has 0 spiro atoms. The molecule has 1 aromatic carbocycles. The Morgan fingerprint density at radius 2 is 1.90 bits per heavy atom. The second-order valence-electron chi connectivity index (χ2n) is 4.72. The third-order valence-electron chi connectivity index (χ3n) is 3.58. The first-order valence-electron chi connectivity index (χ1n) is 6.30. The topological polar surface area (TPSA) is 102 Å². The van der Waals surface area contributed by atoms with Gasteiger partial charge in [0, 0.05) is 33.4 Å². The van der Waals surface area contributed by atoms with Gasteiger partial charge in [-0.15, -0.1) is 0 Å². The average Bonchev–Trinajstić information content (AvgIpc) is 2.89. The maximum Gasteiger partial charge on any atom is 0.335 e. The third kappa shape index (κ3) is 2.96. The van der Waals surface area contributed by atoms with Crippen molar-refractivity contribution in [3.63, 3.8) is 0 Å². The smallest absolute Gasteiger partial charge is 0.335 e. The Morgan fingerprint density at radius 3 is 2.33 bits per heavy atom. The lowest BCUT2D eigenvalue weighted by Crippen LogP contribution is -2.27. The number of carbonyl (C=O) groups is 1. The molecule has 0 saturated carbocycles. The number of nitrogens with zero attached hydrogens (tertiary/aromatic N) is 2. The van der Waals surface area contributed by atoms with Crippen molar-refractivity contribution >= 4 is 17.3 Å². The molecule has 0 amide bonds. The number of carboxylic acids is 1. The summed E-state index contributed by atoms with van der Waals surface area (Å²) in [4.78, 5) is 23.4. The molecule has 1 aliphatic rings. The highest BCUT2D eigenvalue weighted by atomic mass is 16.6. The third-order valence-corrected chi connectivity index (χ3v) is 3.58. The van der Waals surface area contributed by atoms with E-state index in [0.717, 1.165) is 0 Å². The number of hydrogen-bond donors (Lipinski definition) is 1. The van der Waals surface area contributed by atoms with E-state index in [1.54, 1.807) is 19.1 Å². The van der Waals surface area contributed by atoms with Crippen LogP contribution >= 0.6 is 0 Å². The number of nitro benzene ring substituents is 1. The summed E-state index contributed by atoms with van der Waals surface area (Å²) >= 11 is 0. The molecule has 0 radical (unpaired) electrons. The monoisotopic (exact) mass is 296 g/mol. The number of anilines is 1. The van der Waals surface area contributed by atoms with Crippen molar-refractivity contribution in [2.24, 2.45) is 0 Å². The van der Waals surface area contributed by atoms with Crippen LogP contribution in [0.2, 0.25) is 0 Å². The zero-order chi connectivity index (χ0) is 15.6. The Kier molecular flexibility index (Phi) is 4.39. The summed E-state index contributed by atoms with van der Waals surface area (Å²) in [6.45, 7) is 0.803. The standard InChI is InChI=1S/C13H16N2O6/c1-20-11-6-14(7-12(11)21-2)10-5-8(13(16)17)3-4-9(10)15(18)19/h3-5,11-12H,6-7H2,1-2H3,(H,16,17). The molecule has 1 heterocycles. The van der Waals surface area contributed by atoms with Gasteiger partial charge in [0.1, 0.15) is 17.9 Å². The van der Waals surface area contributed by atoms with Crippen LogP contribution in [-0.2, 0) is 9.47 Å². The Balaban J connectivity index is 2.39. The van der Waals surface area contributed by atoms with Crippen molar-refractivity contribution < 1.29 is 24.3 Å². The van der Waals surface area contributed by atoms with Crippen LogP contribution in [-0.4, -0.2) is 55.5 Å². The van der Waals surface area contributed by atoms with Crippen LogP contribution in [0.25, 0.3) is 0 Å². The van der Waals surface area contributed by atoms with Gasteiger partial charge in [0.15, 0.2) is 0 Å². The van der Waals surface area contributed by atoms with Crippen LogP contribution in [0.4, 0.5) is 11.4 Å². The average molecular weight is 296 g/mol. The highest BCUT2D eigenvalue weighted by molar-refractivity contribution is 5.90. The molecule has 1 aliphatic heterocycles. The van der Waals surface area contributed by atoms with Gasteiger partial charge < -0.3 is 19.5 Å². The molecule has 0 bridgehead atoms. The van der Waals surface area contributed by atoms with Crippen molar-refractivity contribution in [1.29, 1.82) is 0 Å². The summed E-state index contributed by atoms with van der Waals surface area (Å²) in [6.07, 6.45) is -0.439. The highest BCUT2D eigenvalue weighted by Crippen LogP contribution is 2.32. The van der Waals surface area contributed by atoms with Crippen LogP contribution in [0.5, 0.6) is 0 Å². The number of rotatable bonds is 5. The summed E-state index contributed by atoms with van der Waals surface area (Å²) in [5.74, 6) is -1.13. The summed E-state index contributed by atoms with van der Waals surface area (Å²) in [7, 11) is 3.09. The van der Waals surface area contributed by atoms with Crippen molar-refractivity contribution in [2.75, 3.05) is 32.2 Å². The molecule has 1 N–H and O–H groups in total. The van der Waals surface area contributed by atoms with Crippen molar-refractivity contribution in [2.45, 2.75) is 12.2 Å². The maximum absolute atomic E-state index is 11.1. The number of carboxylic acid groups (broad SMARTS) is 1. The van der Waals surface area contributed by atoms with E-state index in [9.17, 15) is 14.9 Å². The van der Waals surface area contributed by atoms with E-state index in [2.05, 4.69) is 0 Å². The fourth-order valence-electron chi connectivity index (χ4n) is 2.46. The van der Waals surface area contributed by atoms with Crippen LogP contribution in [0, 0.1) is 10.1 Å². The lowest BCUT2D eigenvalue weighted by atomic mass is 10.1. The minimum Gasteiger partial charge on any atom is -0.478 e. The second-order valence-corrected chi connectivity index (χ2v) is 4.72. The van der Waals surface area contributed by atoms with Crippen LogP contribution in [0.3, 0.4) is 0 Å². The highest BCUT2D eigenvalue weighted by Gasteiger charge is 2.36. The molecule has 0 aromatic heterocycles. The van der Waals surface area contributed by atoms with Crippen LogP contribution in [0.1, 0.15) is 10.4 Å². The van der Waals surface area contributed by atoms with E-state index in [-0.39, 0.29) is 29.1 Å². The molecule has 21 heavy (non-hydrogen) atoms. The summed E-state index contributed by atoms with van der Waals surface area (Å²) < 4.78 is 10.6. The van der Waals surface area contributed by atoms with Gasteiger partial charge in [-0.2, -0.15) is 0 Å². The van der Waals surface area contributed by atoms with E-state index in [1.165, 1.54) is 18.2 Å². The minimum absolute atomic E-state index is 0.00503. The molecular weight excluding hydrogens is 280 g/mol. The lowest BCUT2D eigenvalue weighted by molar-refractivity contribution is -0.384. The normalized spacial score (nSPS) is 21.5. The van der Waals surface area contributed by atoms with E-state index in [0.29, 0.717) is 13.1 Å². The quantitative estimate of drug-likeness (QED) is 0.642. The number of benzene rings is 1. The van der Waals surface area contributed by atoms with Gasteiger partial charge in [-0.05, 0) is 12.1 Å². The number of hydrogen-bond acceptors (Lipinski definition) is 6. The van der Waals surface area contributed by atoms with Crippen molar-refractivity contribution in [3.8, 4) is 0 Å². The largest absolute Gasteiger partial charge is 0.478 e. The predicted octanol–water partition coefficient (Wildman–Crippen LogP) is 1.14. The van der Waals surface area contributed by atoms with Gasteiger partial charge >= 0.3 is 5.97 Å². The Bertz CT molecular complexity index is 550. The molecule has 0 aliphatic carbocycles. The van der Waals surface area contributed by atoms with E-state index >= 15 is 0 Å². The van der Waals surface area contributed by atoms with E-state index < -0.39 is 10.9 Å². The van der Waals surface area contributed by atoms with Gasteiger partial charge in [0.05, 0.1) is 10.5 Å². The van der Waals surface area contributed by atoms with Crippen molar-refractivity contribution in [3.05, 3.63) is 33.9 Å². The molecule has 114 valence electrons. The molecule has 1 fully saturated rings. The number of aromatic carboxylic acids is 1. The molecular formula is C13H16N2O6. The molecule has 8 heteroatoms. The Morgan fingerprint density at radius 1 is 1.33 bits per heavy atom. The predicted molar refractivity (Wildman–Crippen MR) is 73.9 cm³/mol. The Hall–Kier alpha value is -2.19. The fourth-order valence-corrected chi connectivity index (χ4v) is 2.46. The first-order chi connectivity index (χ1) is 9.97. The number of nitro groups is 1. The van der Waals surface area contributed by atoms with Gasteiger partial charge in [-0.1, -0.05) is 0 Å². The molecule has 2 atom stereocenters. The van der Waals surface area contributed by atoms with Gasteiger partial charge in [0.25, 0.3) is 5.69 Å². The molecule has 2 unspecified atom stereocenters. The zero-order valence-electron chi connectivity index (χ0n) is 11.7. The van der Waals surface area contributed by atoms with E-state index in [1.807, 2.05) is 0 Å². The minimum atomic E-state index is -1.13. The van der Waals surface area contributed by atoms with E-state index in [4.69, 9.17) is 14.6 Å². The first kappa shape index (κ1) is 15.2. The summed E-state index contributed by atoms with van der Waals surface area (Å²) in [6, 6.07) is 3.74. The van der Waals surface area contributed by atoms with Gasteiger partial charge in [-0.3, -0.25) is 10.1 Å². The number of ether oxygens (including phenoxy) is 2. The molecule has 8 nitrogen and oxygen atoms in total. The number of methoxy groups -OCH3 is 2. The Labute approximate surface area is 121 Å². The first-order valence-corrected chi connectivity index (χ1v) is 6.30. The lowest BCUT2D eigenvalue weighted by Gasteiger charge is -2.18. The van der Waals surface area contributed by atoms with Crippen LogP contribution in [0.15, 0.2) is 18.2 Å². The second kappa shape index (κ2) is 6.06. The fraction of sp³-hybridized carbons (Fsp3) is 0.462. The summed E-state index contributed by atoms with van der Waals surface area (Å²) in [5.41, 5.74) is 0.138. The van der Waals surface area contributed by atoms with Gasteiger partial charge in [-0.25, -0.2) is 4.79 Å². The summed E-state index contributed by atoms with van der Waals surface area (Å²) in [5, 5.41) is 20.2. The molecule has 1 saturated heterocycles. The maximum atomic E-state index is 11.1. The SMILES string of the molecule is COC1CN(c2cc(C(=O)O)ccc2[N+](=O)[O-])CC1OC. The van der Waals surface area contributed by atoms with Crippen molar-refractivity contribution in [1.82, 2.24) is 0 Å². The molecule has 1 aromatic rings.